The molecule has 0 unspecified atom stereocenters. The Balaban J connectivity index is 1.70. The van der Waals surface area contributed by atoms with E-state index in [1.165, 1.54) is 5.56 Å². The van der Waals surface area contributed by atoms with Gasteiger partial charge in [0, 0.05) is 18.7 Å². The number of nitrogens with zero attached hydrogens (tertiary/aromatic N) is 1. The van der Waals surface area contributed by atoms with Gasteiger partial charge in [0.1, 0.15) is 5.75 Å². The predicted octanol–water partition coefficient (Wildman–Crippen LogP) is 3.25. The normalized spacial score (nSPS) is 16.8. The molecule has 0 aliphatic carbocycles. The first-order valence-electron chi connectivity index (χ1n) is 8.45. The van der Waals surface area contributed by atoms with Crippen LogP contribution in [0.3, 0.4) is 0 Å². The van der Waals surface area contributed by atoms with Gasteiger partial charge in [0.15, 0.2) is 0 Å². The molecule has 1 fully saturated rings. The van der Waals surface area contributed by atoms with Gasteiger partial charge in [-0.05, 0) is 36.2 Å². The number of hydrogen-bond acceptors (Lipinski definition) is 3. The Morgan fingerprint density at radius 1 is 1.20 bits per heavy atom. The number of ether oxygens (including phenoxy) is 1. The van der Waals surface area contributed by atoms with Crippen LogP contribution in [0.4, 0.5) is 11.4 Å². The zero-order chi connectivity index (χ0) is 17.8. The lowest BCUT2D eigenvalue weighted by atomic mass is 10.1. The Labute approximate surface area is 147 Å². The number of carbonyl (C=O) groups excluding carboxylic acids is 2. The van der Waals surface area contributed by atoms with Crippen LogP contribution in [0, 0.1) is 5.92 Å². The maximum absolute atomic E-state index is 12.5. The van der Waals surface area contributed by atoms with Gasteiger partial charge in [0.2, 0.25) is 11.8 Å². The van der Waals surface area contributed by atoms with Gasteiger partial charge in [-0.3, -0.25) is 9.59 Å². The minimum atomic E-state index is -0.372. The summed E-state index contributed by atoms with van der Waals surface area (Å²) in [6.07, 6.45) is 1.16. The fourth-order valence-corrected chi connectivity index (χ4v) is 3.04. The van der Waals surface area contributed by atoms with Crippen LogP contribution in [0.15, 0.2) is 48.5 Å². The number of aryl methyl sites for hydroxylation is 1. The van der Waals surface area contributed by atoms with Gasteiger partial charge in [0.05, 0.1) is 18.7 Å². The number of nitrogens with one attached hydrogen (secondary N) is 1. The average Bonchev–Trinajstić information content (AvgIpc) is 3.04. The van der Waals surface area contributed by atoms with E-state index in [4.69, 9.17) is 4.74 Å². The van der Waals surface area contributed by atoms with Crippen LogP contribution in [0.1, 0.15) is 18.9 Å². The molecule has 5 heteroatoms. The van der Waals surface area contributed by atoms with Crippen molar-refractivity contribution in [3.8, 4) is 5.75 Å². The smallest absolute Gasteiger partial charge is 0.229 e. The maximum atomic E-state index is 12.5. The van der Waals surface area contributed by atoms with Crippen molar-refractivity contribution < 1.29 is 14.3 Å². The zero-order valence-corrected chi connectivity index (χ0v) is 14.5. The topological polar surface area (TPSA) is 58.6 Å². The monoisotopic (exact) mass is 338 g/mol. The van der Waals surface area contributed by atoms with E-state index in [0.717, 1.165) is 12.1 Å². The van der Waals surface area contributed by atoms with Gasteiger partial charge < -0.3 is 15.0 Å². The Morgan fingerprint density at radius 3 is 2.60 bits per heavy atom. The molecule has 25 heavy (non-hydrogen) atoms. The van der Waals surface area contributed by atoms with Crippen LogP contribution in [-0.4, -0.2) is 25.5 Å². The van der Waals surface area contributed by atoms with Crippen LogP contribution >= 0.6 is 0 Å². The van der Waals surface area contributed by atoms with Crippen molar-refractivity contribution in [2.75, 3.05) is 23.9 Å². The molecular formula is C20H22N2O3. The molecule has 1 atom stereocenters. The highest BCUT2D eigenvalue weighted by Crippen LogP contribution is 2.33. The van der Waals surface area contributed by atoms with Crippen LogP contribution in [-0.2, 0) is 16.0 Å². The largest absolute Gasteiger partial charge is 0.495 e. The number of carbonyl (C=O) groups is 2. The van der Waals surface area contributed by atoms with Crippen LogP contribution in [0.5, 0.6) is 5.75 Å². The molecule has 0 spiro atoms. The summed E-state index contributed by atoms with van der Waals surface area (Å²) in [6.45, 7) is 2.45. The molecule has 0 aromatic heterocycles. The summed E-state index contributed by atoms with van der Waals surface area (Å²) >= 11 is 0. The van der Waals surface area contributed by atoms with Crippen LogP contribution in [0.25, 0.3) is 0 Å². The fraction of sp³-hybridized carbons (Fsp3) is 0.300. The van der Waals surface area contributed by atoms with Crippen molar-refractivity contribution in [1.82, 2.24) is 0 Å². The minimum Gasteiger partial charge on any atom is -0.495 e. The summed E-state index contributed by atoms with van der Waals surface area (Å²) in [7, 11) is 1.57. The second kappa shape index (κ2) is 7.38. The van der Waals surface area contributed by atoms with E-state index in [-0.39, 0.29) is 24.2 Å². The third-order valence-corrected chi connectivity index (χ3v) is 4.50. The highest BCUT2D eigenvalue weighted by Gasteiger charge is 2.36. The standard InChI is InChI=1S/C20H22N2O3/c1-3-14-8-10-16(11-9-14)21-20(24)15-12-19(23)22(13-15)17-6-4-5-7-18(17)25-2/h4-11,15H,3,12-13H2,1-2H3,(H,21,24)/t15-/m1/s1. The van der Waals surface area contributed by atoms with Crippen molar-refractivity contribution in [3.63, 3.8) is 0 Å². The Bertz CT molecular complexity index is 771. The molecule has 3 rings (SSSR count). The first-order chi connectivity index (χ1) is 12.1. The van der Waals surface area contributed by atoms with E-state index in [1.54, 1.807) is 12.0 Å². The Morgan fingerprint density at radius 2 is 1.92 bits per heavy atom. The van der Waals surface area contributed by atoms with Gasteiger partial charge in [0.25, 0.3) is 0 Å². The molecule has 2 aromatic rings. The number of methoxy groups -OCH3 is 1. The third kappa shape index (κ3) is 3.65. The minimum absolute atomic E-state index is 0.0639. The maximum Gasteiger partial charge on any atom is 0.229 e. The van der Waals surface area contributed by atoms with E-state index < -0.39 is 0 Å². The van der Waals surface area contributed by atoms with E-state index in [9.17, 15) is 9.59 Å². The molecule has 5 nitrogen and oxygen atoms in total. The molecule has 0 radical (unpaired) electrons. The number of rotatable bonds is 5. The van der Waals surface area contributed by atoms with Crippen molar-refractivity contribution >= 4 is 23.2 Å². The number of hydrogen-bond donors (Lipinski definition) is 1. The number of anilines is 2. The molecule has 1 aliphatic rings. The van der Waals surface area contributed by atoms with Crippen LogP contribution in [0.2, 0.25) is 0 Å². The first-order valence-corrected chi connectivity index (χ1v) is 8.45. The summed E-state index contributed by atoms with van der Waals surface area (Å²) < 4.78 is 5.32. The van der Waals surface area contributed by atoms with Gasteiger partial charge in [-0.15, -0.1) is 0 Å². The Kier molecular flexibility index (Phi) is 5.03. The van der Waals surface area contributed by atoms with Crippen LogP contribution < -0.4 is 15.0 Å². The molecule has 1 heterocycles. The lowest BCUT2D eigenvalue weighted by Gasteiger charge is -2.19. The van der Waals surface area contributed by atoms with Crippen molar-refractivity contribution in [2.45, 2.75) is 19.8 Å². The highest BCUT2D eigenvalue weighted by molar-refractivity contribution is 6.04. The van der Waals surface area contributed by atoms with Crippen molar-refractivity contribution in [2.24, 2.45) is 5.92 Å². The number of para-hydroxylation sites is 2. The molecule has 1 saturated heterocycles. The van der Waals surface area contributed by atoms with Gasteiger partial charge in [-0.1, -0.05) is 31.2 Å². The summed E-state index contributed by atoms with van der Waals surface area (Å²) in [5.74, 6) is 0.0660. The molecule has 1 N–H and O–H groups in total. The predicted molar refractivity (Wildman–Crippen MR) is 97.9 cm³/mol. The molecule has 0 saturated carbocycles. The Hall–Kier alpha value is -2.82. The van der Waals surface area contributed by atoms with Gasteiger partial charge in [-0.25, -0.2) is 0 Å². The van der Waals surface area contributed by atoms with E-state index in [2.05, 4.69) is 12.2 Å². The molecule has 130 valence electrons. The SMILES string of the molecule is CCc1ccc(NC(=O)[C@@H]2CC(=O)N(c3ccccc3OC)C2)cc1. The highest BCUT2D eigenvalue weighted by atomic mass is 16.5. The summed E-state index contributed by atoms with van der Waals surface area (Å²) in [5, 5.41) is 2.91. The van der Waals surface area contributed by atoms with E-state index >= 15 is 0 Å². The van der Waals surface area contributed by atoms with Crippen molar-refractivity contribution in [1.29, 1.82) is 0 Å². The van der Waals surface area contributed by atoms with Gasteiger partial charge in [-0.2, -0.15) is 0 Å². The lowest BCUT2D eigenvalue weighted by Crippen LogP contribution is -2.28. The number of benzene rings is 2. The molecule has 1 aliphatic heterocycles. The molecular weight excluding hydrogens is 316 g/mol. The second-order valence-electron chi connectivity index (χ2n) is 6.12. The quantitative estimate of drug-likeness (QED) is 0.910. The molecule has 0 bridgehead atoms. The third-order valence-electron chi connectivity index (χ3n) is 4.50. The first kappa shape index (κ1) is 17.0. The number of amides is 2. The zero-order valence-electron chi connectivity index (χ0n) is 14.5. The molecule has 2 amide bonds. The average molecular weight is 338 g/mol. The summed E-state index contributed by atoms with van der Waals surface area (Å²) in [6, 6.07) is 15.1. The van der Waals surface area contributed by atoms with E-state index in [1.807, 2.05) is 48.5 Å². The van der Waals surface area contributed by atoms with E-state index in [0.29, 0.717) is 18.0 Å². The fourth-order valence-electron chi connectivity index (χ4n) is 3.04. The molecule has 2 aromatic carbocycles. The van der Waals surface area contributed by atoms with Gasteiger partial charge >= 0.3 is 0 Å². The van der Waals surface area contributed by atoms with Crippen molar-refractivity contribution in [3.05, 3.63) is 54.1 Å². The summed E-state index contributed by atoms with van der Waals surface area (Å²) in [4.78, 5) is 26.5. The lowest BCUT2D eigenvalue weighted by molar-refractivity contribution is -0.122. The summed E-state index contributed by atoms with van der Waals surface area (Å²) in [5.41, 5.74) is 2.68. The second-order valence-corrected chi connectivity index (χ2v) is 6.12.